The zero-order valence-corrected chi connectivity index (χ0v) is 8.47. The molecule has 0 N–H and O–H groups in total. The van der Waals surface area contributed by atoms with Crippen molar-refractivity contribution in [1.82, 2.24) is 0 Å². The van der Waals surface area contributed by atoms with Gasteiger partial charge in [-0.3, -0.25) is 0 Å². The summed E-state index contributed by atoms with van der Waals surface area (Å²) in [6.07, 6.45) is 0. The van der Waals surface area contributed by atoms with Crippen LogP contribution >= 0.6 is 21.4 Å². The average Bonchev–Trinajstić information content (AvgIpc) is 1.12. The van der Waals surface area contributed by atoms with Crippen LogP contribution in [0.2, 0.25) is 0 Å². The Bertz CT molecular complexity index is 215. The number of halogens is 2. The molecule has 0 aliphatic carbocycles. The van der Waals surface area contributed by atoms with Gasteiger partial charge < -0.3 is 9.11 Å². The van der Waals surface area contributed by atoms with Crippen molar-refractivity contribution in [2.24, 2.45) is 0 Å². The monoisotopic (exact) mass is 288 g/mol. The van der Waals surface area contributed by atoms with Gasteiger partial charge in [0, 0.05) is 21.4 Å². The van der Waals surface area contributed by atoms with E-state index in [-0.39, 0.29) is 16.5 Å². The normalized spacial score (nSPS) is 10.5. The molecular formula is Cl2NiO6S2. The molecule has 0 aliphatic heterocycles. The summed E-state index contributed by atoms with van der Waals surface area (Å²) < 4.78 is 53.1. The van der Waals surface area contributed by atoms with E-state index in [4.69, 9.17) is 25.9 Å². The van der Waals surface area contributed by atoms with Crippen molar-refractivity contribution in [3.63, 3.8) is 0 Å². The summed E-state index contributed by atoms with van der Waals surface area (Å²) in [6.45, 7) is 0. The zero-order valence-electron chi connectivity index (χ0n) is 4.34. The first kappa shape index (κ1) is 17.8. The van der Waals surface area contributed by atoms with Gasteiger partial charge in [0.15, 0.2) is 18.7 Å². The summed E-state index contributed by atoms with van der Waals surface area (Å²) in [5, 5.41) is 0. The van der Waals surface area contributed by atoms with Crippen LogP contribution in [0, 0.1) is 0 Å². The van der Waals surface area contributed by atoms with Crippen LogP contribution < -0.4 is 0 Å². The minimum Gasteiger partial charge on any atom is -0.735 e. The second-order valence-corrected chi connectivity index (χ2v) is 4.63. The molecule has 0 bridgehead atoms. The molecule has 11 heteroatoms. The first-order valence-electron chi connectivity index (χ1n) is 1.31. The Kier molecular flexibility index (Phi) is 10.4. The van der Waals surface area contributed by atoms with Gasteiger partial charge in [0.25, 0.3) is 0 Å². The summed E-state index contributed by atoms with van der Waals surface area (Å²) in [5.74, 6) is 0. The molecule has 0 amide bonds. The van der Waals surface area contributed by atoms with Gasteiger partial charge in [-0.1, -0.05) is 0 Å². The molecule has 72 valence electrons. The van der Waals surface area contributed by atoms with Crippen LogP contribution in [0.4, 0.5) is 0 Å². The predicted octanol–water partition coefficient (Wildman–Crippen LogP) is -0.632. The molecule has 0 rings (SSSR count). The first-order valence-corrected chi connectivity index (χ1v) is 5.78. The van der Waals surface area contributed by atoms with Crippen molar-refractivity contribution in [2.75, 3.05) is 0 Å². The van der Waals surface area contributed by atoms with Crippen LogP contribution in [-0.2, 0) is 35.2 Å². The first-order chi connectivity index (χ1) is 4.00. The fourth-order valence-corrected chi connectivity index (χ4v) is 0. The Morgan fingerprint density at radius 1 is 0.818 bits per heavy atom. The van der Waals surface area contributed by atoms with Gasteiger partial charge >= 0.3 is 16.5 Å². The Morgan fingerprint density at radius 2 is 0.818 bits per heavy atom. The van der Waals surface area contributed by atoms with Crippen LogP contribution in [0.15, 0.2) is 0 Å². The molecule has 0 saturated carbocycles. The number of hydrogen-bond acceptors (Lipinski definition) is 6. The minimum absolute atomic E-state index is 0. The van der Waals surface area contributed by atoms with Gasteiger partial charge in [0.2, 0.25) is 0 Å². The molecule has 0 fully saturated rings. The van der Waals surface area contributed by atoms with E-state index < -0.39 is 18.7 Å². The summed E-state index contributed by atoms with van der Waals surface area (Å²) >= 11 is 0. The molecule has 0 unspecified atom stereocenters. The van der Waals surface area contributed by atoms with Gasteiger partial charge in [0.05, 0.1) is 0 Å². The Balaban J connectivity index is -0.000000107. The van der Waals surface area contributed by atoms with Crippen LogP contribution in [0.25, 0.3) is 0 Å². The van der Waals surface area contributed by atoms with Crippen molar-refractivity contribution in [1.29, 1.82) is 0 Å². The molecule has 11 heavy (non-hydrogen) atoms. The minimum atomic E-state index is -4.44. The fraction of sp³-hybridized carbons (Fsp3) is 0. The van der Waals surface area contributed by atoms with Crippen molar-refractivity contribution < 1.29 is 42.4 Å². The second-order valence-electron chi connectivity index (χ2n) is 0.786. The number of hydrogen-bond donors (Lipinski definition) is 0. The van der Waals surface area contributed by atoms with E-state index >= 15 is 0 Å². The largest absolute Gasteiger partial charge is 2.00 e. The van der Waals surface area contributed by atoms with Gasteiger partial charge in [-0.05, 0) is 0 Å². The zero-order chi connectivity index (χ0) is 9.00. The smallest absolute Gasteiger partial charge is 0.735 e. The molecule has 0 aromatic carbocycles. The molecule has 0 atom stereocenters. The Labute approximate surface area is 82.3 Å². The molecule has 6 nitrogen and oxygen atoms in total. The SMILES string of the molecule is O=S(=O)([O-])Cl.O=S(=O)([O-])Cl.[Ni+2]. The van der Waals surface area contributed by atoms with Crippen molar-refractivity contribution in [2.45, 2.75) is 0 Å². The van der Waals surface area contributed by atoms with E-state index in [0.29, 0.717) is 0 Å². The maximum Gasteiger partial charge on any atom is 2.00 e. The van der Waals surface area contributed by atoms with E-state index in [9.17, 15) is 0 Å². The summed E-state index contributed by atoms with van der Waals surface area (Å²) in [5.41, 5.74) is 0. The van der Waals surface area contributed by atoms with E-state index in [1.807, 2.05) is 0 Å². The quantitative estimate of drug-likeness (QED) is 0.333. The average molecular weight is 290 g/mol. The molecule has 0 radical (unpaired) electrons. The topological polar surface area (TPSA) is 114 Å². The van der Waals surface area contributed by atoms with Crippen LogP contribution in [-0.4, -0.2) is 25.9 Å². The molecule has 0 heterocycles. The predicted molar refractivity (Wildman–Crippen MR) is 31.1 cm³/mol. The number of rotatable bonds is 0. The van der Waals surface area contributed by atoms with Crippen molar-refractivity contribution in [3.8, 4) is 0 Å². The summed E-state index contributed by atoms with van der Waals surface area (Å²) in [6, 6.07) is 0. The van der Waals surface area contributed by atoms with Crippen LogP contribution in [0.5, 0.6) is 0 Å². The molecule has 0 aromatic heterocycles. The van der Waals surface area contributed by atoms with E-state index in [2.05, 4.69) is 21.4 Å². The van der Waals surface area contributed by atoms with Crippen LogP contribution in [0.3, 0.4) is 0 Å². The molecule has 0 saturated heterocycles. The van der Waals surface area contributed by atoms with Gasteiger partial charge in [-0.15, -0.1) is 0 Å². The third-order valence-electron chi connectivity index (χ3n) is 0. The van der Waals surface area contributed by atoms with Crippen LogP contribution in [0.1, 0.15) is 0 Å². The second kappa shape index (κ2) is 6.41. The molecule has 0 aliphatic rings. The maximum absolute atomic E-state index is 8.84. The van der Waals surface area contributed by atoms with Gasteiger partial charge in [-0.2, -0.15) is 0 Å². The molecule has 0 spiro atoms. The summed E-state index contributed by atoms with van der Waals surface area (Å²) in [7, 11) is -0.995. The maximum atomic E-state index is 8.84. The van der Waals surface area contributed by atoms with E-state index in [1.54, 1.807) is 0 Å². The Morgan fingerprint density at radius 3 is 0.818 bits per heavy atom. The van der Waals surface area contributed by atoms with E-state index in [1.165, 1.54) is 0 Å². The van der Waals surface area contributed by atoms with Gasteiger partial charge in [-0.25, -0.2) is 16.8 Å². The third kappa shape index (κ3) is 1080. The molecule has 0 aromatic rings. The molecular weight excluding hydrogens is 290 g/mol. The summed E-state index contributed by atoms with van der Waals surface area (Å²) in [4.78, 5) is 0. The Hall–Kier alpha value is 0.894. The standard InChI is InChI=1S/2ClHO3S.Ni/c2*1-5(2,3)4;/h2*(H,2,3,4);/q;;+2/p-2. The van der Waals surface area contributed by atoms with Crippen molar-refractivity contribution in [3.05, 3.63) is 0 Å². The van der Waals surface area contributed by atoms with Crippen molar-refractivity contribution >= 4 is 40.0 Å². The van der Waals surface area contributed by atoms with E-state index in [0.717, 1.165) is 0 Å². The van der Waals surface area contributed by atoms with Gasteiger partial charge in [0.1, 0.15) is 0 Å². The third-order valence-corrected chi connectivity index (χ3v) is 0. The fourth-order valence-electron chi connectivity index (χ4n) is 0.